The van der Waals surface area contributed by atoms with Crippen LogP contribution in [0.5, 0.6) is 0 Å². The molecule has 2 aliphatic rings. The summed E-state index contributed by atoms with van der Waals surface area (Å²) in [7, 11) is 0. The largest absolute Gasteiger partial charge is 0.457 e. The zero-order valence-corrected chi connectivity index (χ0v) is 16.5. The molecule has 1 fully saturated rings. The fourth-order valence-electron chi connectivity index (χ4n) is 5.33. The number of aryl methyl sites for hydroxylation is 1. The Bertz CT molecular complexity index is 1040. The number of aliphatic hydroxyl groups is 1. The highest BCUT2D eigenvalue weighted by molar-refractivity contribution is 5.53. The van der Waals surface area contributed by atoms with Crippen molar-refractivity contribution in [2.45, 2.75) is 55.7 Å². The van der Waals surface area contributed by atoms with Crippen molar-refractivity contribution in [3.05, 3.63) is 76.6 Å². The normalized spacial score (nSPS) is 27.8. The highest BCUT2D eigenvalue weighted by Crippen LogP contribution is 2.54. The van der Waals surface area contributed by atoms with Crippen LogP contribution in [0.1, 0.15) is 42.4 Å². The summed E-state index contributed by atoms with van der Waals surface area (Å²) in [5.41, 5.74) is 2.18. The summed E-state index contributed by atoms with van der Waals surface area (Å²) >= 11 is 0. The second-order valence-electron chi connectivity index (χ2n) is 8.49. The minimum absolute atomic E-state index is 0.0188. The molecule has 154 valence electrons. The van der Waals surface area contributed by atoms with Crippen molar-refractivity contribution in [1.29, 1.82) is 0 Å². The highest BCUT2D eigenvalue weighted by Gasteiger charge is 2.51. The minimum Gasteiger partial charge on any atom is -0.378 e. The van der Waals surface area contributed by atoms with Gasteiger partial charge in [0.2, 0.25) is 0 Å². The van der Waals surface area contributed by atoms with E-state index in [0.717, 1.165) is 30.4 Å². The second-order valence-corrected chi connectivity index (χ2v) is 8.49. The van der Waals surface area contributed by atoms with Crippen LogP contribution in [0.3, 0.4) is 0 Å². The van der Waals surface area contributed by atoms with Crippen LogP contribution in [0.4, 0.5) is 18.9 Å². The minimum atomic E-state index is -4.61. The molecule has 1 saturated carbocycles. The molecule has 0 heterocycles. The maximum atomic E-state index is 12.6. The Morgan fingerprint density at radius 2 is 1.90 bits per heavy atom. The Hall–Kier alpha value is -2.76. The van der Waals surface area contributed by atoms with Gasteiger partial charge in [0.25, 0.3) is 0 Å². The quantitative estimate of drug-likeness (QED) is 0.495. The summed E-state index contributed by atoms with van der Waals surface area (Å²) in [6.45, 7) is 7.30. The number of hydrogen-bond donors (Lipinski definition) is 1. The Morgan fingerprint density at radius 3 is 2.60 bits per heavy atom. The van der Waals surface area contributed by atoms with Gasteiger partial charge in [-0.1, -0.05) is 60.0 Å². The molecule has 2 aliphatic carbocycles. The first-order valence-electron chi connectivity index (χ1n) is 10.1. The lowest BCUT2D eigenvalue weighted by Gasteiger charge is -2.52. The van der Waals surface area contributed by atoms with E-state index < -0.39 is 11.8 Å². The van der Waals surface area contributed by atoms with E-state index in [1.54, 1.807) is 0 Å². The van der Waals surface area contributed by atoms with E-state index in [9.17, 15) is 18.3 Å². The molecule has 0 aromatic heterocycles. The van der Waals surface area contributed by atoms with E-state index >= 15 is 0 Å². The lowest BCUT2D eigenvalue weighted by Crippen LogP contribution is -2.51. The Morgan fingerprint density at radius 1 is 1.13 bits per heavy atom. The zero-order valence-electron chi connectivity index (χ0n) is 16.5. The Balaban J connectivity index is 1.75. The number of rotatable bonds is 2. The van der Waals surface area contributed by atoms with Gasteiger partial charge in [-0.15, -0.1) is 0 Å². The van der Waals surface area contributed by atoms with Crippen LogP contribution in [0, 0.1) is 24.3 Å². The van der Waals surface area contributed by atoms with Crippen molar-refractivity contribution in [2.24, 2.45) is 5.92 Å². The van der Waals surface area contributed by atoms with Crippen LogP contribution in [0.15, 0.2) is 48.5 Å². The Kier molecular flexibility index (Phi) is 5.12. The van der Waals surface area contributed by atoms with Crippen molar-refractivity contribution in [1.82, 2.24) is 0 Å². The topological polar surface area (TPSA) is 24.6 Å². The smallest absolute Gasteiger partial charge is 0.378 e. The third kappa shape index (κ3) is 3.95. The fourth-order valence-corrected chi connectivity index (χ4v) is 5.33. The van der Waals surface area contributed by atoms with E-state index in [1.165, 1.54) is 11.5 Å². The van der Waals surface area contributed by atoms with Gasteiger partial charge in [0.05, 0.1) is 6.57 Å². The maximum Gasteiger partial charge on any atom is 0.457 e. The SMILES string of the molecule is [C-]#[N+]c1ccc2c(c1)CC[C@@H]1C[C@@](O)(C#CC(F)(F)F)CC[C@@]21Cc1ccccc1. The standard InChI is InChI=1S/C25H22F3NO/c1-29-21-9-10-22-19(15-21)7-8-20-17-23(30,12-14-25(26,27)28)11-13-24(20,22)16-18-5-3-2-4-6-18/h2-6,9-10,15,20,30H,7-8,11,13,16-17H2/t20-,23+,24+/m1/s1. The molecule has 3 atom stereocenters. The molecule has 4 rings (SSSR count). The number of nitrogens with zero attached hydrogens (tertiary/aromatic N) is 1. The van der Waals surface area contributed by atoms with Crippen LogP contribution in [0.2, 0.25) is 0 Å². The van der Waals surface area contributed by atoms with Gasteiger partial charge < -0.3 is 5.11 Å². The summed E-state index contributed by atoms with van der Waals surface area (Å²) < 4.78 is 37.9. The van der Waals surface area contributed by atoms with Crippen LogP contribution >= 0.6 is 0 Å². The van der Waals surface area contributed by atoms with E-state index in [-0.39, 0.29) is 24.2 Å². The van der Waals surface area contributed by atoms with Gasteiger partial charge in [0.1, 0.15) is 5.60 Å². The molecule has 0 unspecified atom stereocenters. The van der Waals surface area contributed by atoms with Crippen LogP contribution in [-0.2, 0) is 18.3 Å². The van der Waals surface area contributed by atoms with E-state index in [4.69, 9.17) is 6.57 Å². The average molecular weight is 409 g/mol. The lowest BCUT2D eigenvalue weighted by atomic mass is 9.52. The van der Waals surface area contributed by atoms with Crippen molar-refractivity contribution < 1.29 is 18.3 Å². The summed E-state index contributed by atoms with van der Waals surface area (Å²) in [6.07, 6.45) is -1.36. The van der Waals surface area contributed by atoms with Gasteiger partial charge in [-0.25, -0.2) is 4.85 Å². The van der Waals surface area contributed by atoms with E-state index in [0.29, 0.717) is 12.1 Å². The molecule has 0 saturated heterocycles. The molecule has 0 bridgehead atoms. The molecule has 0 aliphatic heterocycles. The van der Waals surface area contributed by atoms with Gasteiger partial charge in [-0.05, 0) is 55.6 Å². The van der Waals surface area contributed by atoms with Crippen molar-refractivity contribution in [2.75, 3.05) is 0 Å². The molecular formula is C25H22F3NO. The molecule has 2 nitrogen and oxygen atoms in total. The summed E-state index contributed by atoms with van der Waals surface area (Å²) in [6, 6.07) is 15.9. The van der Waals surface area contributed by atoms with Gasteiger partial charge in [0, 0.05) is 11.3 Å². The number of hydrogen-bond acceptors (Lipinski definition) is 1. The molecule has 0 radical (unpaired) electrons. The first kappa shape index (κ1) is 20.5. The number of halogens is 3. The number of benzene rings is 2. The third-order valence-electron chi connectivity index (χ3n) is 6.67. The number of alkyl halides is 3. The summed E-state index contributed by atoms with van der Waals surface area (Å²) in [4.78, 5) is 3.55. The van der Waals surface area contributed by atoms with Gasteiger partial charge in [0.15, 0.2) is 5.69 Å². The highest BCUT2D eigenvalue weighted by atomic mass is 19.4. The summed E-state index contributed by atoms with van der Waals surface area (Å²) in [5, 5.41) is 10.9. The predicted molar refractivity (Wildman–Crippen MR) is 109 cm³/mol. The second kappa shape index (κ2) is 7.49. The van der Waals surface area contributed by atoms with Gasteiger partial charge in [-0.3, -0.25) is 0 Å². The molecule has 2 aromatic rings. The van der Waals surface area contributed by atoms with Crippen molar-refractivity contribution >= 4 is 5.69 Å². The lowest BCUT2D eigenvalue weighted by molar-refractivity contribution is -0.0712. The van der Waals surface area contributed by atoms with Crippen LogP contribution in [-0.4, -0.2) is 16.9 Å². The first-order valence-corrected chi connectivity index (χ1v) is 10.1. The van der Waals surface area contributed by atoms with Crippen LogP contribution < -0.4 is 0 Å². The van der Waals surface area contributed by atoms with E-state index in [2.05, 4.69) is 22.9 Å². The molecule has 2 aromatic carbocycles. The monoisotopic (exact) mass is 409 g/mol. The van der Waals surface area contributed by atoms with Crippen molar-refractivity contribution in [3.8, 4) is 11.8 Å². The molecule has 0 spiro atoms. The van der Waals surface area contributed by atoms with Gasteiger partial charge in [-0.2, -0.15) is 13.2 Å². The molecule has 30 heavy (non-hydrogen) atoms. The van der Waals surface area contributed by atoms with E-state index in [1.807, 2.05) is 36.4 Å². The fraction of sp³-hybridized carbons (Fsp3) is 0.400. The molecule has 5 heteroatoms. The van der Waals surface area contributed by atoms with Gasteiger partial charge >= 0.3 is 6.18 Å². The van der Waals surface area contributed by atoms with Crippen molar-refractivity contribution in [3.63, 3.8) is 0 Å². The first-order chi connectivity index (χ1) is 14.2. The average Bonchev–Trinajstić information content (AvgIpc) is 2.73. The third-order valence-corrected chi connectivity index (χ3v) is 6.67. The Labute approximate surface area is 174 Å². The number of fused-ring (bicyclic) bond motifs is 3. The maximum absolute atomic E-state index is 12.6. The molecule has 0 amide bonds. The zero-order chi connectivity index (χ0) is 21.4. The predicted octanol–water partition coefficient (Wildman–Crippen LogP) is 5.76. The summed E-state index contributed by atoms with van der Waals surface area (Å²) in [5.74, 6) is 3.44. The molecular weight excluding hydrogens is 387 g/mol. The van der Waals surface area contributed by atoms with Crippen LogP contribution in [0.25, 0.3) is 4.85 Å². The molecule has 1 N–H and O–H groups in total.